The van der Waals surface area contributed by atoms with Gasteiger partial charge in [-0.05, 0) is 6.42 Å². The molecule has 19 heteroatoms. The summed E-state index contributed by atoms with van der Waals surface area (Å²) in [5.74, 6) is 0. The van der Waals surface area contributed by atoms with Gasteiger partial charge < -0.3 is 98.6 Å². The molecule has 0 aromatic carbocycles. The van der Waals surface area contributed by atoms with Crippen molar-refractivity contribution in [3.63, 3.8) is 0 Å². The first-order valence-electron chi connectivity index (χ1n) is 13.9. The Kier molecular flexibility index (Phi) is 11.5. The van der Waals surface area contributed by atoms with Crippen LogP contribution < -0.4 is 34.4 Å². The van der Waals surface area contributed by atoms with Gasteiger partial charge >= 0.3 is 0 Å². The van der Waals surface area contributed by atoms with Crippen molar-refractivity contribution in [3.8, 4) is 0 Å². The Labute approximate surface area is 241 Å². The molecule has 0 aromatic heterocycles. The van der Waals surface area contributed by atoms with Crippen LogP contribution in [0.5, 0.6) is 0 Å². The summed E-state index contributed by atoms with van der Waals surface area (Å²) in [6.07, 6.45) is -19.8. The summed E-state index contributed by atoms with van der Waals surface area (Å²) in [7, 11) is 0. The van der Waals surface area contributed by atoms with Gasteiger partial charge in [0.2, 0.25) is 0 Å². The molecule has 3 heterocycles. The molecule has 4 rings (SSSR count). The van der Waals surface area contributed by atoms with Crippen LogP contribution >= 0.6 is 0 Å². The zero-order chi connectivity index (χ0) is 31.0. The molecule has 19 nitrogen and oxygen atoms in total. The molecule has 19 N–H and O–H groups in total. The quantitative estimate of drug-likeness (QED) is 0.115. The fraction of sp³-hybridized carbons (Fsp3) is 1.00. The third-order valence-electron chi connectivity index (χ3n) is 8.37. The Morgan fingerprint density at radius 3 is 1.45 bits per heavy atom. The van der Waals surface area contributed by atoms with E-state index in [9.17, 15) is 35.7 Å². The third kappa shape index (κ3) is 6.60. The number of rotatable bonds is 9. The minimum atomic E-state index is -1.60. The van der Waals surface area contributed by atoms with Crippen molar-refractivity contribution in [1.29, 1.82) is 0 Å². The van der Waals surface area contributed by atoms with Crippen molar-refractivity contribution >= 4 is 0 Å². The fourth-order valence-electron chi connectivity index (χ4n) is 5.74. The lowest BCUT2D eigenvalue weighted by Crippen LogP contribution is -2.68. The van der Waals surface area contributed by atoms with Gasteiger partial charge in [0.1, 0.15) is 67.1 Å². The number of ether oxygens (including phenoxy) is 6. The van der Waals surface area contributed by atoms with Gasteiger partial charge in [-0.2, -0.15) is 0 Å². The molecule has 3 saturated heterocycles. The van der Waals surface area contributed by atoms with Gasteiger partial charge in [-0.3, -0.25) is 0 Å². The van der Waals surface area contributed by atoms with Crippen LogP contribution in [0.4, 0.5) is 0 Å². The van der Waals surface area contributed by atoms with Crippen molar-refractivity contribution in [2.45, 2.75) is 123 Å². The highest BCUT2D eigenvalue weighted by Gasteiger charge is 2.54. The van der Waals surface area contributed by atoms with E-state index in [2.05, 4.69) is 0 Å². The maximum Gasteiger partial charge on any atom is 0.187 e. The Morgan fingerprint density at radius 2 is 0.976 bits per heavy atom. The number of hydrogen-bond donors (Lipinski definition) is 13. The molecule has 3 aliphatic heterocycles. The molecule has 0 amide bonds. The Balaban J connectivity index is 1.50. The molecular formula is C23H46N6O13. The van der Waals surface area contributed by atoms with Crippen LogP contribution in [0.15, 0.2) is 0 Å². The molecule has 1 aliphatic carbocycles. The molecule has 246 valence electrons. The van der Waals surface area contributed by atoms with Crippen LogP contribution in [0.3, 0.4) is 0 Å². The van der Waals surface area contributed by atoms with E-state index in [-0.39, 0.29) is 19.5 Å². The lowest BCUT2D eigenvalue weighted by atomic mass is 9.84. The molecule has 0 spiro atoms. The SMILES string of the molecule is NC[C@@H]1O[C@H](O[C@@H]2[C@@H](CO)OC(O[C@H]3C(O[C@H]4O[C@H](CN)[C@@H](O)[C@H](O)[C@H]4N)[C@@H](N)C[C@@H](N)[C@@H]3O)[C@@H]2O)[C@H](N)[C@@H](O)[C@@H]1O. The molecule has 0 aromatic rings. The monoisotopic (exact) mass is 614 g/mol. The lowest BCUT2D eigenvalue weighted by Gasteiger charge is -2.47. The van der Waals surface area contributed by atoms with Crippen molar-refractivity contribution in [2.75, 3.05) is 19.7 Å². The summed E-state index contributed by atoms with van der Waals surface area (Å²) in [6.45, 7) is -0.967. The minimum Gasteiger partial charge on any atom is -0.394 e. The molecule has 4 fully saturated rings. The van der Waals surface area contributed by atoms with E-state index in [1.54, 1.807) is 0 Å². The number of aliphatic hydroxyl groups is 7. The molecule has 19 atom stereocenters. The average Bonchev–Trinajstić information content (AvgIpc) is 3.27. The lowest BCUT2D eigenvalue weighted by molar-refractivity contribution is -0.306. The van der Waals surface area contributed by atoms with E-state index in [4.69, 9.17) is 62.8 Å². The van der Waals surface area contributed by atoms with E-state index >= 15 is 0 Å². The summed E-state index contributed by atoms with van der Waals surface area (Å²) in [5, 5.41) is 73.0. The zero-order valence-corrected chi connectivity index (χ0v) is 22.8. The van der Waals surface area contributed by atoms with E-state index in [1.807, 2.05) is 0 Å². The number of hydrogen-bond acceptors (Lipinski definition) is 19. The fourth-order valence-corrected chi connectivity index (χ4v) is 5.74. The second-order valence-corrected chi connectivity index (χ2v) is 11.2. The normalized spacial score (nSPS) is 53.8. The molecule has 1 saturated carbocycles. The largest absolute Gasteiger partial charge is 0.394 e. The van der Waals surface area contributed by atoms with Gasteiger partial charge in [0.25, 0.3) is 0 Å². The Morgan fingerprint density at radius 1 is 0.524 bits per heavy atom. The molecule has 0 bridgehead atoms. The van der Waals surface area contributed by atoms with Gasteiger partial charge in [0.15, 0.2) is 18.9 Å². The summed E-state index contributed by atoms with van der Waals surface area (Å²) in [6, 6.07) is -4.18. The minimum absolute atomic E-state index is 0.0889. The van der Waals surface area contributed by atoms with Crippen LogP contribution in [0, 0.1) is 0 Å². The average molecular weight is 615 g/mol. The Hall–Kier alpha value is -0.760. The zero-order valence-electron chi connectivity index (χ0n) is 22.8. The topological polar surface area (TPSA) is 353 Å². The van der Waals surface area contributed by atoms with Crippen LogP contribution in [0.1, 0.15) is 6.42 Å². The van der Waals surface area contributed by atoms with Crippen LogP contribution in [0.25, 0.3) is 0 Å². The number of nitrogens with two attached hydrogens (primary N) is 6. The standard InChI is InChI=1S/C23H46N6O13/c24-2-7-13(32)15(34)10(28)21(37-7)40-18-6(27)1-5(26)12(31)20(18)42-23-17(36)19(9(4-30)39-23)41-22-11(29)16(35)14(33)8(3-25)38-22/h5-23,30-36H,1-4,24-29H2/t5-,6+,7-,8+,9-,10-,11-,12+,13-,14-,15-,16-,17-,18?,19-,20-,21-,22-,23?/m1/s1. The van der Waals surface area contributed by atoms with E-state index in [0.29, 0.717) is 0 Å². The molecule has 2 unspecified atom stereocenters. The highest BCUT2D eigenvalue weighted by Crippen LogP contribution is 2.34. The van der Waals surface area contributed by atoms with Gasteiger partial charge in [-0.1, -0.05) is 0 Å². The highest BCUT2D eigenvalue weighted by atomic mass is 16.8. The summed E-state index contributed by atoms with van der Waals surface area (Å²) in [5.41, 5.74) is 35.6. The maximum atomic E-state index is 11.1. The van der Waals surface area contributed by atoms with Gasteiger partial charge in [0, 0.05) is 25.2 Å². The first-order valence-corrected chi connectivity index (χ1v) is 13.9. The number of aliphatic hydroxyl groups excluding tert-OH is 7. The Bertz CT molecular complexity index is 868. The van der Waals surface area contributed by atoms with E-state index in [1.165, 1.54) is 0 Å². The van der Waals surface area contributed by atoms with E-state index < -0.39 is 123 Å². The van der Waals surface area contributed by atoms with Crippen molar-refractivity contribution in [2.24, 2.45) is 34.4 Å². The summed E-state index contributed by atoms with van der Waals surface area (Å²) < 4.78 is 34.6. The van der Waals surface area contributed by atoms with Crippen molar-refractivity contribution in [3.05, 3.63) is 0 Å². The van der Waals surface area contributed by atoms with Gasteiger partial charge in [-0.25, -0.2) is 0 Å². The third-order valence-corrected chi connectivity index (χ3v) is 8.37. The summed E-state index contributed by atoms with van der Waals surface area (Å²) >= 11 is 0. The first kappa shape index (κ1) is 34.1. The van der Waals surface area contributed by atoms with Crippen molar-refractivity contribution < 1.29 is 64.2 Å². The van der Waals surface area contributed by atoms with Crippen LogP contribution in [-0.2, 0) is 28.4 Å². The predicted octanol–water partition coefficient (Wildman–Crippen LogP) is -8.90. The summed E-state index contributed by atoms with van der Waals surface area (Å²) in [4.78, 5) is 0. The molecule has 42 heavy (non-hydrogen) atoms. The van der Waals surface area contributed by atoms with Crippen LogP contribution in [-0.4, -0.2) is 172 Å². The molecule has 0 radical (unpaired) electrons. The first-order chi connectivity index (χ1) is 19.8. The highest BCUT2D eigenvalue weighted by molar-refractivity contribution is 5.02. The maximum absolute atomic E-state index is 11.1. The molecule has 4 aliphatic rings. The van der Waals surface area contributed by atoms with Crippen molar-refractivity contribution in [1.82, 2.24) is 0 Å². The molecular weight excluding hydrogens is 568 g/mol. The van der Waals surface area contributed by atoms with Gasteiger partial charge in [-0.15, -0.1) is 0 Å². The predicted molar refractivity (Wildman–Crippen MR) is 138 cm³/mol. The van der Waals surface area contributed by atoms with Gasteiger partial charge in [0.05, 0.1) is 24.8 Å². The smallest absolute Gasteiger partial charge is 0.187 e. The second-order valence-electron chi connectivity index (χ2n) is 11.2. The van der Waals surface area contributed by atoms with Crippen LogP contribution in [0.2, 0.25) is 0 Å². The van der Waals surface area contributed by atoms with E-state index in [0.717, 1.165) is 0 Å². The second kappa shape index (κ2) is 14.1.